The van der Waals surface area contributed by atoms with Crippen LogP contribution in [0.3, 0.4) is 0 Å². The molecule has 0 saturated carbocycles. The number of hydrogen-bond donors (Lipinski definition) is 2. The monoisotopic (exact) mass is 337 g/mol. The Kier molecular flexibility index (Phi) is 6.18. The predicted octanol–water partition coefficient (Wildman–Crippen LogP) is 2.16. The van der Waals surface area contributed by atoms with Crippen molar-refractivity contribution in [1.29, 1.82) is 0 Å². The van der Waals surface area contributed by atoms with Crippen LogP contribution in [-0.4, -0.2) is 45.5 Å². The first-order valence-corrected chi connectivity index (χ1v) is 8.67. The van der Waals surface area contributed by atoms with Gasteiger partial charge in [-0.05, 0) is 49.9 Å². The summed E-state index contributed by atoms with van der Waals surface area (Å²) < 4.78 is 14.6. The van der Waals surface area contributed by atoms with Gasteiger partial charge in [-0.25, -0.2) is 9.07 Å². The molecule has 0 spiro atoms. The SMILES string of the molecule is CSCC(CCO)NC(=O)c1cc(C)n(-c2ccc(F)cc2)n1. The van der Waals surface area contributed by atoms with Crippen molar-refractivity contribution >= 4 is 17.7 Å². The van der Waals surface area contributed by atoms with E-state index >= 15 is 0 Å². The summed E-state index contributed by atoms with van der Waals surface area (Å²) in [5.41, 5.74) is 1.78. The van der Waals surface area contributed by atoms with E-state index in [2.05, 4.69) is 10.4 Å². The summed E-state index contributed by atoms with van der Waals surface area (Å²) in [5.74, 6) is 0.131. The van der Waals surface area contributed by atoms with Crippen molar-refractivity contribution in [1.82, 2.24) is 15.1 Å². The summed E-state index contributed by atoms with van der Waals surface area (Å²) in [5, 5.41) is 16.2. The number of aryl methyl sites for hydroxylation is 1. The third-order valence-corrected chi connectivity index (χ3v) is 4.11. The van der Waals surface area contributed by atoms with Crippen molar-refractivity contribution < 1.29 is 14.3 Å². The maximum absolute atomic E-state index is 13.0. The third kappa shape index (κ3) is 4.56. The number of halogens is 1. The molecule has 1 atom stereocenters. The van der Waals surface area contributed by atoms with E-state index in [1.165, 1.54) is 12.1 Å². The maximum Gasteiger partial charge on any atom is 0.272 e. The van der Waals surface area contributed by atoms with Crippen LogP contribution in [0.25, 0.3) is 5.69 Å². The van der Waals surface area contributed by atoms with Gasteiger partial charge in [0.2, 0.25) is 0 Å². The summed E-state index contributed by atoms with van der Waals surface area (Å²) in [4.78, 5) is 12.3. The first-order chi connectivity index (χ1) is 11.0. The van der Waals surface area contributed by atoms with Gasteiger partial charge in [0, 0.05) is 24.1 Å². The minimum absolute atomic E-state index is 0.0224. The van der Waals surface area contributed by atoms with Gasteiger partial charge >= 0.3 is 0 Å². The quantitative estimate of drug-likeness (QED) is 0.812. The summed E-state index contributed by atoms with van der Waals surface area (Å²) in [6, 6.07) is 7.52. The zero-order valence-electron chi connectivity index (χ0n) is 13.1. The lowest BCUT2D eigenvalue weighted by Gasteiger charge is -2.15. The molecular formula is C16H20FN3O2S. The number of benzene rings is 1. The van der Waals surface area contributed by atoms with Crippen LogP contribution >= 0.6 is 11.8 Å². The second-order valence-electron chi connectivity index (χ2n) is 5.20. The van der Waals surface area contributed by atoms with Gasteiger partial charge in [0.05, 0.1) is 5.69 Å². The number of aliphatic hydroxyl groups is 1. The van der Waals surface area contributed by atoms with Gasteiger partial charge in [-0.1, -0.05) is 0 Å². The minimum atomic E-state index is -0.319. The Bertz CT molecular complexity index is 652. The summed E-state index contributed by atoms with van der Waals surface area (Å²) in [6.07, 6.45) is 2.45. The highest BCUT2D eigenvalue weighted by Gasteiger charge is 2.17. The lowest BCUT2D eigenvalue weighted by atomic mass is 10.2. The van der Waals surface area contributed by atoms with Crippen LogP contribution in [0.4, 0.5) is 4.39 Å². The Morgan fingerprint density at radius 2 is 2.13 bits per heavy atom. The van der Waals surface area contributed by atoms with E-state index in [9.17, 15) is 9.18 Å². The zero-order valence-corrected chi connectivity index (χ0v) is 13.9. The van der Waals surface area contributed by atoms with E-state index in [4.69, 9.17) is 5.11 Å². The second-order valence-corrected chi connectivity index (χ2v) is 6.11. The molecule has 5 nitrogen and oxygen atoms in total. The number of amides is 1. The Morgan fingerprint density at radius 1 is 1.43 bits per heavy atom. The average Bonchev–Trinajstić information content (AvgIpc) is 2.91. The number of rotatable bonds is 7. The van der Waals surface area contributed by atoms with E-state index in [1.54, 1.807) is 34.6 Å². The molecule has 7 heteroatoms. The van der Waals surface area contributed by atoms with Crippen LogP contribution < -0.4 is 5.32 Å². The van der Waals surface area contributed by atoms with E-state index in [0.717, 1.165) is 11.4 Å². The van der Waals surface area contributed by atoms with Crippen molar-refractivity contribution in [3.05, 3.63) is 47.5 Å². The van der Waals surface area contributed by atoms with Gasteiger partial charge in [-0.2, -0.15) is 16.9 Å². The molecule has 1 aromatic heterocycles. The minimum Gasteiger partial charge on any atom is -0.396 e. The lowest BCUT2D eigenvalue weighted by molar-refractivity contribution is 0.0930. The topological polar surface area (TPSA) is 67.2 Å². The van der Waals surface area contributed by atoms with Crippen LogP contribution in [0.5, 0.6) is 0 Å². The largest absolute Gasteiger partial charge is 0.396 e. The highest BCUT2D eigenvalue weighted by molar-refractivity contribution is 7.98. The number of carbonyl (C=O) groups is 1. The Balaban J connectivity index is 2.16. The van der Waals surface area contributed by atoms with Crippen LogP contribution in [0.1, 0.15) is 22.6 Å². The van der Waals surface area contributed by atoms with Gasteiger partial charge in [-0.3, -0.25) is 4.79 Å². The van der Waals surface area contributed by atoms with E-state index in [1.807, 2.05) is 13.2 Å². The fourth-order valence-corrected chi connectivity index (χ4v) is 2.89. The number of hydrogen-bond acceptors (Lipinski definition) is 4. The fraction of sp³-hybridized carbons (Fsp3) is 0.375. The third-order valence-electron chi connectivity index (χ3n) is 3.37. The molecule has 0 aliphatic rings. The van der Waals surface area contributed by atoms with Gasteiger partial charge in [0.1, 0.15) is 5.82 Å². The van der Waals surface area contributed by atoms with Crippen LogP contribution in [-0.2, 0) is 0 Å². The average molecular weight is 337 g/mol. The molecular weight excluding hydrogens is 317 g/mol. The van der Waals surface area contributed by atoms with Gasteiger partial charge in [0.25, 0.3) is 5.91 Å². The van der Waals surface area contributed by atoms with Crippen molar-refractivity contribution in [2.24, 2.45) is 0 Å². The van der Waals surface area contributed by atoms with Crippen LogP contribution in [0.15, 0.2) is 30.3 Å². The van der Waals surface area contributed by atoms with E-state index in [-0.39, 0.29) is 24.4 Å². The molecule has 0 radical (unpaired) electrons. The Labute approximate surface area is 138 Å². The first kappa shape index (κ1) is 17.5. The number of aliphatic hydroxyl groups excluding tert-OH is 1. The van der Waals surface area contributed by atoms with E-state index < -0.39 is 0 Å². The van der Waals surface area contributed by atoms with Crippen molar-refractivity contribution in [2.75, 3.05) is 18.6 Å². The van der Waals surface area contributed by atoms with E-state index in [0.29, 0.717) is 17.8 Å². The Hall–Kier alpha value is -1.86. The number of nitrogens with zero attached hydrogens (tertiary/aromatic N) is 2. The number of nitrogens with one attached hydrogen (secondary N) is 1. The molecule has 0 saturated heterocycles. The molecule has 0 bridgehead atoms. The maximum atomic E-state index is 13.0. The molecule has 2 N–H and O–H groups in total. The smallest absolute Gasteiger partial charge is 0.272 e. The molecule has 23 heavy (non-hydrogen) atoms. The number of aromatic nitrogens is 2. The first-order valence-electron chi connectivity index (χ1n) is 7.28. The summed E-state index contributed by atoms with van der Waals surface area (Å²) >= 11 is 1.61. The summed E-state index contributed by atoms with van der Waals surface area (Å²) in [7, 11) is 0. The molecule has 1 heterocycles. The molecule has 0 fully saturated rings. The normalized spacial score (nSPS) is 12.2. The molecule has 2 aromatic rings. The van der Waals surface area contributed by atoms with Crippen molar-refractivity contribution in [2.45, 2.75) is 19.4 Å². The standard InChI is InChI=1S/C16H20FN3O2S/c1-11-9-15(16(22)18-13(7-8-21)10-23-2)19-20(11)14-5-3-12(17)4-6-14/h3-6,9,13,21H,7-8,10H2,1-2H3,(H,18,22). The van der Waals surface area contributed by atoms with Gasteiger partial charge in [0.15, 0.2) is 5.69 Å². The number of carbonyl (C=O) groups excluding carboxylic acids is 1. The summed E-state index contributed by atoms with van der Waals surface area (Å²) in [6.45, 7) is 1.86. The molecule has 1 aromatic carbocycles. The highest BCUT2D eigenvalue weighted by Crippen LogP contribution is 2.13. The zero-order chi connectivity index (χ0) is 16.8. The second kappa shape index (κ2) is 8.12. The van der Waals surface area contributed by atoms with Crippen molar-refractivity contribution in [3.8, 4) is 5.69 Å². The van der Waals surface area contributed by atoms with Gasteiger partial charge < -0.3 is 10.4 Å². The lowest BCUT2D eigenvalue weighted by Crippen LogP contribution is -2.37. The molecule has 2 rings (SSSR count). The molecule has 0 aliphatic carbocycles. The van der Waals surface area contributed by atoms with Crippen LogP contribution in [0, 0.1) is 12.7 Å². The highest BCUT2D eigenvalue weighted by atomic mass is 32.2. The Morgan fingerprint density at radius 3 is 2.74 bits per heavy atom. The molecule has 1 amide bonds. The fourth-order valence-electron chi connectivity index (χ4n) is 2.24. The van der Waals surface area contributed by atoms with Gasteiger partial charge in [-0.15, -0.1) is 0 Å². The number of thioether (sulfide) groups is 1. The molecule has 0 aliphatic heterocycles. The van der Waals surface area contributed by atoms with Crippen LogP contribution in [0.2, 0.25) is 0 Å². The predicted molar refractivity (Wildman–Crippen MR) is 89.6 cm³/mol. The molecule has 1 unspecified atom stereocenters. The molecule has 124 valence electrons. The van der Waals surface area contributed by atoms with Crippen molar-refractivity contribution in [3.63, 3.8) is 0 Å².